The van der Waals surface area contributed by atoms with Crippen LogP contribution >= 0.6 is 0 Å². The Hall–Kier alpha value is -0.410. The Morgan fingerprint density at radius 2 is 2.05 bits per heavy atom. The molecule has 3 unspecified atom stereocenters. The summed E-state index contributed by atoms with van der Waals surface area (Å²) in [6.07, 6.45) is 8.52. The summed E-state index contributed by atoms with van der Waals surface area (Å²) in [4.78, 5) is 0. The topological polar surface area (TPSA) is 35.2 Å². The molecule has 1 aliphatic carbocycles. The van der Waals surface area contributed by atoms with Crippen molar-refractivity contribution in [3.8, 4) is 0 Å². The van der Waals surface area contributed by atoms with Gasteiger partial charge in [-0.1, -0.05) is 12.2 Å². The fourth-order valence-corrected chi connectivity index (χ4v) is 3.96. The summed E-state index contributed by atoms with van der Waals surface area (Å²) < 4.78 is 19.8. The number of allylic oxidation sites excluding steroid dienone is 2. The molecule has 2 aliphatic rings. The summed E-state index contributed by atoms with van der Waals surface area (Å²) in [6.45, 7) is 7.48. The Balaban J connectivity index is 2.20. The molecule has 1 aliphatic heterocycles. The van der Waals surface area contributed by atoms with Gasteiger partial charge in [0, 0.05) is 6.61 Å². The number of hydrogen-bond donors (Lipinski definition) is 1. The first-order chi connectivity index (χ1) is 8.79. The van der Waals surface area contributed by atoms with Crippen molar-refractivity contribution in [2.45, 2.75) is 64.1 Å². The van der Waals surface area contributed by atoms with E-state index in [2.05, 4.69) is 19.9 Å². The molecule has 0 bridgehead atoms. The molecule has 1 saturated heterocycles. The van der Waals surface area contributed by atoms with Gasteiger partial charge in [-0.2, -0.15) is 0 Å². The van der Waals surface area contributed by atoms with Crippen molar-refractivity contribution < 1.29 is 9.13 Å². The lowest BCUT2D eigenvalue weighted by Crippen LogP contribution is -2.46. The summed E-state index contributed by atoms with van der Waals surface area (Å²) in [5, 5.41) is 0. The predicted molar refractivity (Wildman–Crippen MR) is 76.7 cm³/mol. The molecule has 2 rings (SSSR count). The fourth-order valence-electron chi connectivity index (χ4n) is 3.96. The van der Waals surface area contributed by atoms with E-state index in [-0.39, 0.29) is 11.0 Å². The number of halogens is 1. The second kappa shape index (κ2) is 5.17. The van der Waals surface area contributed by atoms with E-state index < -0.39 is 5.67 Å². The van der Waals surface area contributed by atoms with Crippen LogP contribution in [0.4, 0.5) is 4.39 Å². The van der Waals surface area contributed by atoms with Crippen molar-refractivity contribution in [2.24, 2.45) is 17.1 Å². The standard InChI is InChI=1S/C16H28FNO/c1-14(2)12-16(8-10-18,9-11-19-14)13-4-6-15(3,17)7-5-13/h4,6,13H,5,7-12,18H2,1-3H3. The van der Waals surface area contributed by atoms with E-state index in [0.717, 1.165) is 32.3 Å². The normalized spacial score (nSPS) is 42.3. The highest BCUT2D eigenvalue weighted by molar-refractivity contribution is 5.11. The van der Waals surface area contributed by atoms with Crippen LogP contribution in [0.3, 0.4) is 0 Å². The lowest BCUT2D eigenvalue weighted by molar-refractivity contribution is -0.121. The third-order valence-electron chi connectivity index (χ3n) is 4.92. The lowest BCUT2D eigenvalue weighted by atomic mass is 9.61. The summed E-state index contributed by atoms with van der Waals surface area (Å²) in [6, 6.07) is 0. The molecule has 0 aromatic carbocycles. The third kappa shape index (κ3) is 3.38. The van der Waals surface area contributed by atoms with Crippen LogP contribution in [0.1, 0.15) is 52.9 Å². The summed E-state index contributed by atoms with van der Waals surface area (Å²) in [7, 11) is 0. The molecule has 0 amide bonds. The average molecular weight is 269 g/mol. The molecule has 0 radical (unpaired) electrons. The van der Waals surface area contributed by atoms with Crippen LogP contribution in [0.25, 0.3) is 0 Å². The van der Waals surface area contributed by atoms with E-state index in [1.165, 1.54) is 0 Å². The molecule has 3 atom stereocenters. The highest BCUT2D eigenvalue weighted by Crippen LogP contribution is 2.50. The number of ether oxygens (including phenoxy) is 1. The van der Waals surface area contributed by atoms with Crippen LogP contribution in [-0.2, 0) is 4.74 Å². The Morgan fingerprint density at radius 1 is 1.32 bits per heavy atom. The Kier molecular flexibility index (Phi) is 4.08. The second-order valence-corrected chi connectivity index (χ2v) is 7.22. The zero-order valence-electron chi connectivity index (χ0n) is 12.5. The molecular weight excluding hydrogens is 241 g/mol. The lowest BCUT2D eigenvalue weighted by Gasteiger charge is -2.50. The van der Waals surface area contributed by atoms with Gasteiger partial charge in [0.2, 0.25) is 0 Å². The quantitative estimate of drug-likeness (QED) is 0.794. The highest BCUT2D eigenvalue weighted by atomic mass is 19.1. The molecule has 2 nitrogen and oxygen atoms in total. The van der Waals surface area contributed by atoms with E-state index in [9.17, 15) is 4.39 Å². The van der Waals surface area contributed by atoms with Gasteiger partial charge in [-0.15, -0.1) is 0 Å². The van der Waals surface area contributed by atoms with Crippen molar-refractivity contribution in [2.75, 3.05) is 13.2 Å². The summed E-state index contributed by atoms with van der Waals surface area (Å²) in [5.74, 6) is 0.447. The number of alkyl halides is 1. The van der Waals surface area contributed by atoms with Crippen LogP contribution in [0.5, 0.6) is 0 Å². The van der Waals surface area contributed by atoms with Crippen LogP contribution in [0.15, 0.2) is 12.2 Å². The fraction of sp³-hybridized carbons (Fsp3) is 0.875. The first-order valence-corrected chi connectivity index (χ1v) is 7.51. The van der Waals surface area contributed by atoms with Crippen LogP contribution in [0.2, 0.25) is 0 Å². The molecule has 0 saturated carbocycles. The highest BCUT2D eigenvalue weighted by Gasteiger charge is 2.46. The SMILES string of the molecule is CC1(F)C=CC(C2(CCN)CCOC(C)(C)C2)CC1. The van der Waals surface area contributed by atoms with Crippen molar-refractivity contribution in [1.82, 2.24) is 0 Å². The molecule has 110 valence electrons. The van der Waals surface area contributed by atoms with E-state index in [0.29, 0.717) is 18.9 Å². The monoisotopic (exact) mass is 269 g/mol. The van der Waals surface area contributed by atoms with Gasteiger partial charge in [0.25, 0.3) is 0 Å². The Labute approximate surface area is 116 Å². The molecular formula is C16H28FNO. The van der Waals surface area contributed by atoms with Gasteiger partial charge < -0.3 is 10.5 Å². The molecule has 0 aromatic rings. The summed E-state index contributed by atoms with van der Waals surface area (Å²) >= 11 is 0. The van der Waals surface area contributed by atoms with Gasteiger partial charge in [0.1, 0.15) is 5.67 Å². The van der Waals surface area contributed by atoms with Gasteiger partial charge in [-0.3, -0.25) is 0 Å². The smallest absolute Gasteiger partial charge is 0.126 e. The number of hydrogen-bond acceptors (Lipinski definition) is 2. The van der Waals surface area contributed by atoms with Crippen molar-refractivity contribution in [3.63, 3.8) is 0 Å². The van der Waals surface area contributed by atoms with E-state index in [4.69, 9.17) is 10.5 Å². The molecule has 1 fully saturated rings. The molecule has 3 heteroatoms. The van der Waals surface area contributed by atoms with Gasteiger partial charge >= 0.3 is 0 Å². The first-order valence-electron chi connectivity index (χ1n) is 7.51. The number of rotatable bonds is 3. The van der Waals surface area contributed by atoms with E-state index in [1.54, 1.807) is 13.0 Å². The average Bonchev–Trinajstić information content (AvgIpc) is 2.27. The molecule has 2 N–H and O–H groups in total. The predicted octanol–water partition coefficient (Wildman–Crippen LogP) is 3.61. The van der Waals surface area contributed by atoms with Crippen LogP contribution < -0.4 is 5.73 Å². The minimum absolute atomic E-state index is 0.0856. The molecule has 0 aromatic heterocycles. The largest absolute Gasteiger partial charge is 0.376 e. The minimum atomic E-state index is -1.12. The van der Waals surface area contributed by atoms with Gasteiger partial charge in [-0.05, 0) is 70.8 Å². The van der Waals surface area contributed by atoms with Crippen molar-refractivity contribution >= 4 is 0 Å². The minimum Gasteiger partial charge on any atom is -0.376 e. The van der Waals surface area contributed by atoms with Crippen molar-refractivity contribution in [1.29, 1.82) is 0 Å². The molecule has 19 heavy (non-hydrogen) atoms. The maximum atomic E-state index is 13.9. The van der Waals surface area contributed by atoms with Gasteiger partial charge in [-0.25, -0.2) is 4.39 Å². The van der Waals surface area contributed by atoms with Gasteiger partial charge in [0.05, 0.1) is 5.60 Å². The molecule has 0 spiro atoms. The van der Waals surface area contributed by atoms with Crippen LogP contribution in [0, 0.1) is 11.3 Å². The summed E-state index contributed by atoms with van der Waals surface area (Å²) in [5.41, 5.74) is 4.84. The Morgan fingerprint density at radius 3 is 2.58 bits per heavy atom. The maximum absolute atomic E-state index is 13.9. The second-order valence-electron chi connectivity index (χ2n) is 7.22. The van der Waals surface area contributed by atoms with E-state index >= 15 is 0 Å². The van der Waals surface area contributed by atoms with E-state index in [1.807, 2.05) is 0 Å². The van der Waals surface area contributed by atoms with Gasteiger partial charge in [0.15, 0.2) is 0 Å². The zero-order valence-corrected chi connectivity index (χ0v) is 12.5. The molecule has 1 heterocycles. The third-order valence-corrected chi connectivity index (χ3v) is 4.92. The number of nitrogens with two attached hydrogens (primary N) is 1. The van der Waals surface area contributed by atoms with Crippen molar-refractivity contribution in [3.05, 3.63) is 12.2 Å². The zero-order chi connectivity index (χ0) is 14.1. The van der Waals surface area contributed by atoms with Crippen LogP contribution in [-0.4, -0.2) is 24.4 Å². The maximum Gasteiger partial charge on any atom is 0.126 e. The first kappa shape index (κ1) is 15.0. The Bertz CT molecular complexity index is 347.